The van der Waals surface area contributed by atoms with Gasteiger partial charge in [-0.2, -0.15) is 8.78 Å². The number of nitrogens with one attached hydrogen (secondary N) is 1. The Hall–Kier alpha value is -3.79. The maximum atomic E-state index is 12.6. The smallest absolute Gasteiger partial charge is 0.314 e. The van der Waals surface area contributed by atoms with Gasteiger partial charge >= 0.3 is 6.43 Å². The molecule has 1 aromatic heterocycles. The fraction of sp³-hybridized carbons (Fsp3) is 0.150. The van der Waals surface area contributed by atoms with Crippen LogP contribution < -0.4 is 16.9 Å². The Kier molecular flexibility index (Phi) is 5.15. The van der Waals surface area contributed by atoms with Crippen molar-refractivity contribution >= 4 is 11.6 Å². The number of hydrazine groups is 1. The molecule has 0 radical (unpaired) electrons. The first-order valence-electron chi connectivity index (χ1n) is 9.01. The second kappa shape index (κ2) is 7.91. The van der Waals surface area contributed by atoms with E-state index in [4.69, 9.17) is 16.0 Å². The maximum absolute atomic E-state index is 12.6. The molecule has 1 aliphatic rings. The van der Waals surface area contributed by atoms with Crippen LogP contribution in [0.3, 0.4) is 0 Å². The van der Waals surface area contributed by atoms with E-state index in [1.54, 1.807) is 36.5 Å². The van der Waals surface area contributed by atoms with Gasteiger partial charge in [-0.3, -0.25) is 4.79 Å². The average molecular weight is 412 g/mol. The molecule has 8 nitrogen and oxygen atoms in total. The van der Waals surface area contributed by atoms with E-state index in [9.17, 15) is 13.6 Å². The normalized spacial score (nSPS) is 13.5. The number of amides is 1. The van der Waals surface area contributed by atoms with Gasteiger partial charge in [-0.15, -0.1) is 10.2 Å². The number of alkyl halides is 2. The molecule has 0 saturated heterocycles. The van der Waals surface area contributed by atoms with Gasteiger partial charge in [0.25, 0.3) is 11.8 Å². The quantitative estimate of drug-likeness (QED) is 0.420. The Morgan fingerprint density at radius 1 is 1.23 bits per heavy atom. The highest BCUT2D eigenvalue weighted by molar-refractivity contribution is 5.99. The first-order chi connectivity index (χ1) is 14.4. The molecule has 1 amide bonds. The van der Waals surface area contributed by atoms with Gasteiger partial charge in [-0.05, 0) is 34.9 Å². The van der Waals surface area contributed by atoms with Crippen molar-refractivity contribution in [2.45, 2.75) is 19.5 Å². The second-order valence-corrected chi connectivity index (χ2v) is 6.75. The van der Waals surface area contributed by atoms with Gasteiger partial charge in [0.1, 0.15) is 0 Å². The molecule has 0 fully saturated rings. The molecule has 10 heteroatoms. The monoisotopic (exact) mass is 412 g/mol. The van der Waals surface area contributed by atoms with Crippen molar-refractivity contribution in [3.63, 3.8) is 0 Å². The largest absolute Gasteiger partial charge is 0.415 e. The van der Waals surface area contributed by atoms with Crippen LogP contribution in [-0.4, -0.2) is 21.1 Å². The van der Waals surface area contributed by atoms with Crippen molar-refractivity contribution in [1.82, 2.24) is 20.5 Å². The van der Waals surface area contributed by atoms with Crippen molar-refractivity contribution in [3.05, 3.63) is 76.8 Å². The minimum atomic E-state index is -2.81. The number of rotatable bonds is 6. The standard InChI is InChI=1S/C20H18F2N6O2/c21-17(22)20-27-26-19(30-20)12-3-1-11(2-4-12)9-28(24)10-16(23)13-5-6-14-8-25-18(29)15(14)7-13/h1-7,10,17H,8-9,23-24H2,(H,25,29)/b16-10-. The number of nitrogens with two attached hydrogens (primary N) is 2. The van der Waals surface area contributed by atoms with Crippen LogP contribution in [0.15, 0.2) is 53.1 Å². The molecule has 30 heavy (non-hydrogen) atoms. The lowest BCUT2D eigenvalue weighted by atomic mass is 10.0. The Balaban J connectivity index is 1.44. The molecule has 0 aliphatic carbocycles. The Morgan fingerprint density at radius 3 is 2.70 bits per heavy atom. The fourth-order valence-electron chi connectivity index (χ4n) is 3.09. The zero-order chi connectivity index (χ0) is 21.3. The van der Waals surface area contributed by atoms with Gasteiger partial charge in [-0.25, -0.2) is 5.84 Å². The van der Waals surface area contributed by atoms with Crippen LogP contribution in [0, 0.1) is 0 Å². The molecule has 5 N–H and O–H groups in total. The average Bonchev–Trinajstić information content (AvgIpc) is 3.36. The van der Waals surface area contributed by atoms with E-state index in [1.807, 2.05) is 12.1 Å². The topological polar surface area (TPSA) is 123 Å². The van der Waals surface area contributed by atoms with Gasteiger partial charge in [0, 0.05) is 23.9 Å². The van der Waals surface area contributed by atoms with Gasteiger partial charge in [0.15, 0.2) is 0 Å². The van der Waals surface area contributed by atoms with Gasteiger partial charge in [0.05, 0.1) is 12.2 Å². The van der Waals surface area contributed by atoms with E-state index in [0.717, 1.165) is 11.1 Å². The lowest BCUT2D eigenvalue weighted by molar-refractivity contribution is 0.0965. The minimum Gasteiger partial charge on any atom is -0.415 e. The second-order valence-electron chi connectivity index (χ2n) is 6.75. The molecule has 2 heterocycles. The maximum Gasteiger partial charge on any atom is 0.314 e. The van der Waals surface area contributed by atoms with Crippen LogP contribution in [0.2, 0.25) is 0 Å². The molecule has 3 aromatic rings. The number of nitrogens with zero attached hydrogens (tertiary/aromatic N) is 3. The molecule has 154 valence electrons. The summed E-state index contributed by atoms with van der Waals surface area (Å²) in [6.45, 7) is 0.864. The first kappa shape index (κ1) is 19.5. The number of aromatic nitrogens is 2. The summed E-state index contributed by atoms with van der Waals surface area (Å²) >= 11 is 0. The van der Waals surface area contributed by atoms with E-state index in [1.165, 1.54) is 5.01 Å². The molecule has 0 saturated carbocycles. The molecule has 0 bridgehead atoms. The summed E-state index contributed by atoms with van der Waals surface area (Å²) in [6, 6.07) is 12.3. The summed E-state index contributed by atoms with van der Waals surface area (Å²) < 4.78 is 30.1. The highest BCUT2D eigenvalue weighted by atomic mass is 19.3. The van der Waals surface area contributed by atoms with E-state index >= 15 is 0 Å². The zero-order valence-electron chi connectivity index (χ0n) is 15.7. The molecular formula is C20H18F2N6O2. The molecule has 4 rings (SSSR count). The summed E-state index contributed by atoms with van der Waals surface area (Å²) in [6.07, 6.45) is -1.23. The lowest BCUT2D eigenvalue weighted by Crippen LogP contribution is -2.25. The fourth-order valence-corrected chi connectivity index (χ4v) is 3.09. The van der Waals surface area contributed by atoms with Crippen LogP contribution in [0.5, 0.6) is 0 Å². The Morgan fingerprint density at radius 2 is 2.00 bits per heavy atom. The van der Waals surface area contributed by atoms with Crippen LogP contribution in [0.1, 0.15) is 39.4 Å². The predicted molar refractivity (Wildman–Crippen MR) is 104 cm³/mol. The third-order valence-corrected chi connectivity index (χ3v) is 4.63. The zero-order valence-corrected chi connectivity index (χ0v) is 15.7. The number of carbonyl (C=O) groups is 1. The molecule has 0 atom stereocenters. The number of carbonyl (C=O) groups excluding carboxylic acids is 1. The van der Waals surface area contributed by atoms with Crippen molar-refractivity contribution in [2.24, 2.45) is 11.6 Å². The molecule has 0 unspecified atom stereocenters. The molecule has 1 aliphatic heterocycles. The van der Waals surface area contributed by atoms with Gasteiger partial charge in [-0.1, -0.05) is 24.3 Å². The predicted octanol–water partition coefficient (Wildman–Crippen LogP) is 2.55. The number of benzene rings is 2. The summed E-state index contributed by atoms with van der Waals surface area (Å²) in [5, 5.41) is 11.1. The highest BCUT2D eigenvalue weighted by Gasteiger charge is 2.19. The summed E-state index contributed by atoms with van der Waals surface area (Å²) in [5.74, 6) is 5.23. The van der Waals surface area contributed by atoms with E-state index in [-0.39, 0.29) is 11.8 Å². The Bertz CT molecular complexity index is 1110. The molecule has 2 aromatic carbocycles. The first-order valence-corrected chi connectivity index (χ1v) is 9.01. The van der Waals surface area contributed by atoms with Crippen LogP contribution in [-0.2, 0) is 13.1 Å². The van der Waals surface area contributed by atoms with Crippen LogP contribution in [0.25, 0.3) is 17.2 Å². The van der Waals surface area contributed by atoms with Crippen molar-refractivity contribution in [1.29, 1.82) is 0 Å². The van der Waals surface area contributed by atoms with E-state index in [2.05, 4.69) is 15.5 Å². The summed E-state index contributed by atoms with van der Waals surface area (Å²) in [7, 11) is 0. The lowest BCUT2D eigenvalue weighted by Gasteiger charge is -2.15. The summed E-state index contributed by atoms with van der Waals surface area (Å²) in [4.78, 5) is 11.8. The minimum absolute atomic E-state index is 0.0197. The molecule has 0 spiro atoms. The SMILES string of the molecule is N/C(=C\N(N)Cc1ccc(-c2nnc(C(F)F)o2)cc1)c1ccc2c(c1)C(=O)NC2. The number of hydrogen-bond acceptors (Lipinski definition) is 7. The third kappa shape index (κ3) is 3.98. The van der Waals surface area contributed by atoms with Gasteiger partial charge < -0.3 is 20.5 Å². The highest BCUT2D eigenvalue weighted by Crippen LogP contribution is 2.24. The van der Waals surface area contributed by atoms with Crippen molar-refractivity contribution in [2.75, 3.05) is 0 Å². The van der Waals surface area contributed by atoms with E-state index < -0.39 is 12.3 Å². The summed E-state index contributed by atoms with van der Waals surface area (Å²) in [5.41, 5.74) is 10.2. The van der Waals surface area contributed by atoms with E-state index in [0.29, 0.717) is 35.5 Å². The third-order valence-electron chi connectivity index (χ3n) is 4.63. The van der Waals surface area contributed by atoms with Crippen molar-refractivity contribution in [3.8, 4) is 11.5 Å². The number of fused-ring (bicyclic) bond motifs is 1. The molecular weight excluding hydrogens is 394 g/mol. The van der Waals surface area contributed by atoms with Gasteiger partial charge in [0.2, 0.25) is 5.89 Å². The van der Waals surface area contributed by atoms with Crippen LogP contribution >= 0.6 is 0 Å². The number of hydrogen-bond donors (Lipinski definition) is 3. The Labute approximate surface area is 170 Å². The van der Waals surface area contributed by atoms with Crippen LogP contribution in [0.4, 0.5) is 8.78 Å². The number of halogens is 2. The van der Waals surface area contributed by atoms with Crippen molar-refractivity contribution < 1.29 is 18.0 Å².